The zero-order chi connectivity index (χ0) is 16.7. The molecule has 0 saturated carbocycles. The number of aryl methyl sites for hydroxylation is 2. The molecule has 0 bridgehead atoms. The van der Waals surface area contributed by atoms with Gasteiger partial charge in [0.15, 0.2) is 5.96 Å². The lowest BCUT2D eigenvalue weighted by molar-refractivity contribution is -0.127. The number of nitrogens with zero attached hydrogens (tertiary/aromatic N) is 3. The zero-order valence-electron chi connectivity index (χ0n) is 14.4. The predicted molar refractivity (Wildman–Crippen MR) is 92.3 cm³/mol. The minimum Gasteiger partial charge on any atom is -0.354 e. The Morgan fingerprint density at radius 1 is 1.41 bits per heavy atom. The molecular weight excluding hydrogens is 298 g/mol. The highest BCUT2D eigenvalue weighted by atomic mass is 32.1. The molecule has 0 aliphatic heterocycles. The zero-order valence-corrected chi connectivity index (χ0v) is 15.2. The Hall–Kier alpha value is -1.63. The summed E-state index contributed by atoms with van der Waals surface area (Å²) in [5.41, 5.74) is 1.07. The van der Waals surface area contributed by atoms with Gasteiger partial charge < -0.3 is 15.5 Å². The number of aliphatic imine (C=N–C) groups is 1. The lowest BCUT2D eigenvalue weighted by Gasteiger charge is -2.17. The van der Waals surface area contributed by atoms with E-state index in [0.717, 1.165) is 17.1 Å². The maximum atomic E-state index is 11.7. The van der Waals surface area contributed by atoms with Crippen molar-refractivity contribution in [3.63, 3.8) is 0 Å². The SMILES string of the molecule is CCC(C)NC(=NCC(=O)N(C)C)NCc1nc(C)c(C)s1. The largest absolute Gasteiger partial charge is 0.354 e. The minimum atomic E-state index is -0.0220. The first kappa shape index (κ1) is 18.4. The fourth-order valence-corrected chi connectivity index (χ4v) is 2.42. The molecular formula is C15H27N5OS. The number of guanidine groups is 1. The van der Waals surface area contributed by atoms with Crippen LogP contribution in [0.5, 0.6) is 0 Å². The van der Waals surface area contributed by atoms with Gasteiger partial charge in [0.25, 0.3) is 0 Å². The molecule has 0 aliphatic carbocycles. The number of aromatic nitrogens is 1. The normalized spacial score (nSPS) is 12.9. The molecule has 7 heteroatoms. The second-order valence-electron chi connectivity index (χ2n) is 5.51. The van der Waals surface area contributed by atoms with E-state index in [1.165, 1.54) is 9.78 Å². The Morgan fingerprint density at radius 2 is 2.09 bits per heavy atom. The molecule has 0 aliphatic rings. The van der Waals surface area contributed by atoms with E-state index in [-0.39, 0.29) is 12.5 Å². The summed E-state index contributed by atoms with van der Waals surface area (Å²) < 4.78 is 0. The van der Waals surface area contributed by atoms with E-state index in [0.29, 0.717) is 18.5 Å². The summed E-state index contributed by atoms with van der Waals surface area (Å²) in [4.78, 5) is 23.3. The van der Waals surface area contributed by atoms with Crippen LogP contribution in [0.3, 0.4) is 0 Å². The third-order valence-electron chi connectivity index (χ3n) is 3.35. The van der Waals surface area contributed by atoms with Crippen LogP contribution in [0.2, 0.25) is 0 Å². The first-order valence-corrected chi connectivity index (χ1v) is 8.33. The average molecular weight is 325 g/mol. The number of thiazole rings is 1. The van der Waals surface area contributed by atoms with E-state index in [1.54, 1.807) is 25.4 Å². The van der Waals surface area contributed by atoms with Gasteiger partial charge in [-0.1, -0.05) is 6.92 Å². The molecule has 22 heavy (non-hydrogen) atoms. The smallest absolute Gasteiger partial charge is 0.243 e. The number of amides is 1. The fraction of sp³-hybridized carbons (Fsp3) is 0.667. The molecule has 124 valence electrons. The molecule has 0 fully saturated rings. The van der Waals surface area contributed by atoms with Crippen LogP contribution in [0.1, 0.15) is 35.8 Å². The number of hydrogen-bond donors (Lipinski definition) is 2. The third-order valence-corrected chi connectivity index (χ3v) is 4.42. The fourth-order valence-electron chi connectivity index (χ4n) is 1.55. The van der Waals surface area contributed by atoms with Crippen molar-refractivity contribution in [2.45, 2.75) is 46.7 Å². The van der Waals surface area contributed by atoms with Gasteiger partial charge in [0, 0.05) is 25.0 Å². The van der Waals surface area contributed by atoms with Gasteiger partial charge in [-0.25, -0.2) is 9.98 Å². The summed E-state index contributed by atoms with van der Waals surface area (Å²) in [6, 6.07) is 0.292. The van der Waals surface area contributed by atoms with Gasteiger partial charge in [0.05, 0.1) is 12.2 Å². The van der Waals surface area contributed by atoms with Crippen LogP contribution in [0, 0.1) is 13.8 Å². The number of nitrogens with one attached hydrogen (secondary N) is 2. The second-order valence-corrected chi connectivity index (χ2v) is 6.80. The van der Waals surface area contributed by atoms with Gasteiger partial charge in [-0.3, -0.25) is 4.79 Å². The molecule has 0 aromatic carbocycles. The lowest BCUT2D eigenvalue weighted by atomic mass is 10.3. The van der Waals surface area contributed by atoms with E-state index in [2.05, 4.69) is 41.4 Å². The first-order chi connectivity index (χ1) is 10.3. The van der Waals surface area contributed by atoms with Gasteiger partial charge in [0.2, 0.25) is 5.91 Å². The van der Waals surface area contributed by atoms with Crippen molar-refractivity contribution in [2.75, 3.05) is 20.6 Å². The molecule has 2 N–H and O–H groups in total. The number of carbonyl (C=O) groups excluding carboxylic acids is 1. The van der Waals surface area contributed by atoms with Crippen molar-refractivity contribution in [2.24, 2.45) is 4.99 Å². The van der Waals surface area contributed by atoms with Crippen LogP contribution >= 0.6 is 11.3 Å². The van der Waals surface area contributed by atoms with Crippen LogP contribution in [0.4, 0.5) is 0 Å². The van der Waals surface area contributed by atoms with E-state index in [4.69, 9.17) is 0 Å². The molecule has 1 unspecified atom stereocenters. The second kappa shape index (κ2) is 8.73. The van der Waals surface area contributed by atoms with E-state index < -0.39 is 0 Å². The molecule has 6 nitrogen and oxygen atoms in total. The van der Waals surface area contributed by atoms with Gasteiger partial charge >= 0.3 is 0 Å². The average Bonchev–Trinajstić information content (AvgIpc) is 2.79. The Labute approximate surface area is 137 Å². The quantitative estimate of drug-likeness (QED) is 0.617. The van der Waals surface area contributed by atoms with Crippen LogP contribution < -0.4 is 10.6 Å². The van der Waals surface area contributed by atoms with E-state index >= 15 is 0 Å². The van der Waals surface area contributed by atoms with Gasteiger partial charge in [-0.2, -0.15) is 0 Å². The van der Waals surface area contributed by atoms with Crippen molar-refractivity contribution >= 4 is 23.2 Å². The summed E-state index contributed by atoms with van der Waals surface area (Å²) in [5.74, 6) is 0.626. The van der Waals surface area contributed by atoms with Crippen molar-refractivity contribution in [3.05, 3.63) is 15.6 Å². The summed E-state index contributed by atoms with van der Waals surface area (Å²) in [5, 5.41) is 7.57. The van der Waals surface area contributed by atoms with Crippen LogP contribution in [-0.4, -0.2) is 48.4 Å². The van der Waals surface area contributed by atoms with Crippen LogP contribution in [0.25, 0.3) is 0 Å². The Morgan fingerprint density at radius 3 is 2.59 bits per heavy atom. The van der Waals surface area contributed by atoms with Gasteiger partial charge in [-0.05, 0) is 27.2 Å². The maximum Gasteiger partial charge on any atom is 0.243 e. The Bertz CT molecular complexity index is 505. The summed E-state index contributed by atoms with van der Waals surface area (Å²) in [6.45, 7) is 9.01. The van der Waals surface area contributed by atoms with Gasteiger partial charge in [0.1, 0.15) is 11.6 Å². The molecule has 0 saturated heterocycles. The molecule has 1 rings (SSSR count). The summed E-state index contributed by atoms with van der Waals surface area (Å²) in [7, 11) is 3.46. The predicted octanol–water partition coefficient (Wildman–Crippen LogP) is 1.68. The van der Waals surface area contributed by atoms with Crippen molar-refractivity contribution < 1.29 is 4.79 Å². The number of rotatable bonds is 6. The molecule has 1 amide bonds. The molecule has 0 spiro atoms. The topological polar surface area (TPSA) is 69.6 Å². The van der Waals surface area contributed by atoms with E-state index in [9.17, 15) is 4.79 Å². The summed E-state index contributed by atoms with van der Waals surface area (Å²) in [6.07, 6.45) is 0.984. The van der Waals surface area contributed by atoms with Crippen LogP contribution in [-0.2, 0) is 11.3 Å². The number of hydrogen-bond acceptors (Lipinski definition) is 4. The number of likely N-dealkylation sites (N-methyl/N-ethyl adjacent to an activating group) is 1. The minimum absolute atomic E-state index is 0.0220. The van der Waals surface area contributed by atoms with Crippen molar-refractivity contribution in [1.29, 1.82) is 0 Å². The molecule has 1 aromatic heterocycles. The molecule has 0 radical (unpaired) electrons. The highest BCUT2D eigenvalue weighted by Gasteiger charge is 2.09. The monoisotopic (exact) mass is 325 g/mol. The number of carbonyl (C=O) groups is 1. The highest BCUT2D eigenvalue weighted by molar-refractivity contribution is 7.11. The van der Waals surface area contributed by atoms with Crippen molar-refractivity contribution in [3.8, 4) is 0 Å². The molecule has 1 aromatic rings. The van der Waals surface area contributed by atoms with E-state index in [1.807, 2.05) is 6.92 Å². The van der Waals surface area contributed by atoms with Gasteiger partial charge in [-0.15, -0.1) is 11.3 Å². The maximum absolute atomic E-state index is 11.7. The Balaban J connectivity index is 2.68. The first-order valence-electron chi connectivity index (χ1n) is 7.51. The standard InChI is InChI=1S/C15H27N5OS/c1-7-10(2)18-15(17-9-14(21)20(5)6)16-8-13-19-11(3)12(4)22-13/h10H,7-9H2,1-6H3,(H2,16,17,18). The molecule has 1 atom stereocenters. The highest BCUT2D eigenvalue weighted by Crippen LogP contribution is 2.15. The summed E-state index contributed by atoms with van der Waals surface area (Å²) >= 11 is 1.68. The Kier molecular flexibility index (Phi) is 7.31. The van der Waals surface area contributed by atoms with Crippen molar-refractivity contribution in [1.82, 2.24) is 20.5 Å². The third kappa shape index (κ3) is 6.01. The van der Waals surface area contributed by atoms with Crippen LogP contribution in [0.15, 0.2) is 4.99 Å². The lowest BCUT2D eigenvalue weighted by Crippen LogP contribution is -2.42. The molecule has 1 heterocycles.